The first-order chi connectivity index (χ1) is 15.5. The molecule has 3 aromatic carbocycles. The van der Waals surface area contributed by atoms with Crippen molar-refractivity contribution < 1.29 is 23.5 Å². The fourth-order valence-electron chi connectivity index (χ4n) is 3.51. The van der Waals surface area contributed by atoms with Gasteiger partial charge in [-0.1, -0.05) is 54.6 Å². The normalized spacial score (nSPS) is 15.6. The monoisotopic (exact) mass is 432 g/mol. The quantitative estimate of drug-likeness (QED) is 0.568. The van der Waals surface area contributed by atoms with Crippen LogP contribution in [0.5, 0.6) is 5.75 Å². The lowest BCUT2D eigenvalue weighted by atomic mass is 9.92. The van der Waals surface area contributed by atoms with Crippen molar-refractivity contribution in [1.82, 2.24) is 10.6 Å². The summed E-state index contributed by atoms with van der Waals surface area (Å²) in [6.07, 6.45) is 0. The van der Waals surface area contributed by atoms with Gasteiger partial charge >= 0.3 is 12.0 Å². The highest BCUT2D eigenvalue weighted by atomic mass is 19.1. The molecule has 1 atom stereocenters. The van der Waals surface area contributed by atoms with E-state index >= 15 is 0 Å². The third kappa shape index (κ3) is 4.62. The van der Waals surface area contributed by atoms with Crippen LogP contribution in [0.25, 0.3) is 5.70 Å². The SMILES string of the molecule is COC(=O)C1=C(c2ccccc2)NC(=O)NC1c1cccc(OCc2ccc(F)cc2)c1. The van der Waals surface area contributed by atoms with Gasteiger partial charge in [-0.3, -0.25) is 0 Å². The molecule has 2 N–H and O–H groups in total. The zero-order valence-electron chi connectivity index (χ0n) is 17.3. The fraction of sp³-hybridized carbons (Fsp3) is 0.120. The number of rotatable bonds is 6. The van der Waals surface area contributed by atoms with Crippen molar-refractivity contribution in [3.8, 4) is 5.75 Å². The van der Waals surface area contributed by atoms with Gasteiger partial charge < -0.3 is 20.1 Å². The highest BCUT2D eigenvalue weighted by Crippen LogP contribution is 2.33. The van der Waals surface area contributed by atoms with E-state index in [1.54, 1.807) is 36.4 Å². The molecule has 7 heteroatoms. The number of halogens is 1. The number of ether oxygens (including phenoxy) is 2. The number of benzene rings is 3. The maximum Gasteiger partial charge on any atom is 0.338 e. The molecule has 0 bridgehead atoms. The van der Waals surface area contributed by atoms with Gasteiger partial charge in [0.05, 0.1) is 24.4 Å². The Labute approximate surface area is 184 Å². The topological polar surface area (TPSA) is 76.7 Å². The molecule has 0 fully saturated rings. The summed E-state index contributed by atoms with van der Waals surface area (Å²) in [6.45, 7) is 0.247. The number of hydrogen-bond acceptors (Lipinski definition) is 4. The lowest BCUT2D eigenvalue weighted by molar-refractivity contribution is -0.136. The Hall–Kier alpha value is -4.13. The molecular weight excluding hydrogens is 411 g/mol. The van der Waals surface area contributed by atoms with Crippen LogP contribution in [0, 0.1) is 5.82 Å². The number of carbonyl (C=O) groups excluding carboxylic acids is 2. The number of esters is 1. The molecule has 1 unspecified atom stereocenters. The van der Waals surface area contributed by atoms with E-state index in [9.17, 15) is 14.0 Å². The number of amides is 2. The zero-order valence-corrected chi connectivity index (χ0v) is 17.3. The van der Waals surface area contributed by atoms with E-state index in [1.807, 2.05) is 30.3 Å². The van der Waals surface area contributed by atoms with Crippen LogP contribution in [-0.2, 0) is 16.1 Å². The predicted octanol–water partition coefficient (Wildman–Crippen LogP) is 4.34. The Bertz CT molecular complexity index is 1160. The van der Waals surface area contributed by atoms with E-state index in [2.05, 4.69) is 10.6 Å². The van der Waals surface area contributed by atoms with E-state index in [1.165, 1.54) is 19.2 Å². The van der Waals surface area contributed by atoms with Crippen LogP contribution in [0.2, 0.25) is 0 Å². The minimum atomic E-state index is -0.735. The Morgan fingerprint density at radius 2 is 1.75 bits per heavy atom. The standard InChI is InChI=1S/C25H21FN2O4/c1-31-24(29)21-22(17-6-3-2-4-7-17)27-25(30)28-23(21)18-8-5-9-20(14-18)32-15-16-10-12-19(26)13-11-16/h2-14,23H,15H2,1H3,(H2,27,28,30). The fourth-order valence-corrected chi connectivity index (χ4v) is 3.51. The van der Waals surface area contributed by atoms with Crippen molar-refractivity contribution in [2.75, 3.05) is 7.11 Å². The number of carbonyl (C=O) groups is 2. The molecule has 0 saturated carbocycles. The smallest absolute Gasteiger partial charge is 0.338 e. The van der Waals surface area contributed by atoms with Gasteiger partial charge in [0, 0.05) is 0 Å². The summed E-state index contributed by atoms with van der Waals surface area (Å²) in [4.78, 5) is 25.2. The van der Waals surface area contributed by atoms with E-state index in [-0.39, 0.29) is 18.0 Å². The van der Waals surface area contributed by atoms with Crippen molar-refractivity contribution in [1.29, 1.82) is 0 Å². The van der Waals surface area contributed by atoms with Crippen molar-refractivity contribution >= 4 is 17.7 Å². The number of methoxy groups -OCH3 is 1. The molecule has 0 aromatic heterocycles. The second-order valence-electron chi connectivity index (χ2n) is 7.17. The Morgan fingerprint density at radius 3 is 2.47 bits per heavy atom. The number of hydrogen-bond donors (Lipinski definition) is 2. The van der Waals surface area contributed by atoms with Crippen LogP contribution in [0.15, 0.2) is 84.4 Å². The largest absolute Gasteiger partial charge is 0.489 e. The molecule has 1 aliphatic rings. The number of urea groups is 1. The zero-order chi connectivity index (χ0) is 22.5. The van der Waals surface area contributed by atoms with Gasteiger partial charge in [-0.15, -0.1) is 0 Å². The second kappa shape index (κ2) is 9.34. The van der Waals surface area contributed by atoms with Gasteiger partial charge in [-0.2, -0.15) is 0 Å². The summed E-state index contributed by atoms with van der Waals surface area (Å²) in [7, 11) is 1.30. The van der Waals surface area contributed by atoms with Crippen LogP contribution in [0.4, 0.5) is 9.18 Å². The average Bonchev–Trinajstić information content (AvgIpc) is 2.83. The predicted molar refractivity (Wildman–Crippen MR) is 117 cm³/mol. The summed E-state index contributed by atoms with van der Waals surface area (Å²) < 4.78 is 24.0. The van der Waals surface area contributed by atoms with Gasteiger partial charge in [0.1, 0.15) is 18.2 Å². The van der Waals surface area contributed by atoms with E-state index < -0.39 is 18.0 Å². The molecule has 0 spiro atoms. The average molecular weight is 432 g/mol. The summed E-state index contributed by atoms with van der Waals surface area (Å²) >= 11 is 0. The molecule has 2 amide bonds. The first-order valence-electron chi connectivity index (χ1n) is 9.98. The second-order valence-corrected chi connectivity index (χ2v) is 7.17. The van der Waals surface area contributed by atoms with Gasteiger partial charge in [-0.25, -0.2) is 14.0 Å². The van der Waals surface area contributed by atoms with E-state index in [4.69, 9.17) is 9.47 Å². The lowest BCUT2D eigenvalue weighted by Gasteiger charge is -2.29. The Balaban J connectivity index is 1.67. The van der Waals surface area contributed by atoms with Gasteiger partial charge in [0.15, 0.2) is 0 Å². The van der Waals surface area contributed by atoms with Crippen LogP contribution >= 0.6 is 0 Å². The molecule has 32 heavy (non-hydrogen) atoms. The summed E-state index contributed by atoms with van der Waals surface area (Å²) in [5.74, 6) is -0.321. The first kappa shape index (κ1) is 21.1. The molecule has 162 valence electrons. The van der Waals surface area contributed by atoms with Gasteiger partial charge in [-0.05, 0) is 41.0 Å². The lowest BCUT2D eigenvalue weighted by Crippen LogP contribution is -2.45. The minimum Gasteiger partial charge on any atom is -0.489 e. The molecule has 1 heterocycles. The number of nitrogens with one attached hydrogen (secondary N) is 2. The van der Waals surface area contributed by atoms with E-state index in [0.29, 0.717) is 22.6 Å². The molecule has 6 nitrogen and oxygen atoms in total. The van der Waals surface area contributed by atoms with Crippen molar-refractivity contribution in [3.63, 3.8) is 0 Å². The van der Waals surface area contributed by atoms with E-state index in [0.717, 1.165) is 5.56 Å². The Kier molecular flexibility index (Phi) is 6.17. The maximum atomic E-state index is 13.1. The van der Waals surface area contributed by atoms with Gasteiger partial charge in [0.2, 0.25) is 0 Å². The third-order valence-electron chi connectivity index (χ3n) is 5.05. The highest BCUT2D eigenvalue weighted by Gasteiger charge is 2.34. The first-order valence-corrected chi connectivity index (χ1v) is 9.98. The van der Waals surface area contributed by atoms with Crippen LogP contribution in [0.1, 0.15) is 22.7 Å². The molecule has 0 aliphatic carbocycles. The molecular formula is C25H21FN2O4. The summed E-state index contributed by atoms with van der Waals surface area (Å²) in [5.41, 5.74) is 2.84. The Morgan fingerprint density at radius 1 is 1.00 bits per heavy atom. The molecule has 3 aromatic rings. The molecule has 1 aliphatic heterocycles. The van der Waals surface area contributed by atoms with Crippen LogP contribution < -0.4 is 15.4 Å². The maximum absolute atomic E-state index is 13.1. The molecule has 0 saturated heterocycles. The van der Waals surface area contributed by atoms with Crippen LogP contribution in [-0.4, -0.2) is 19.1 Å². The van der Waals surface area contributed by atoms with Gasteiger partial charge in [0.25, 0.3) is 0 Å². The summed E-state index contributed by atoms with van der Waals surface area (Å²) in [5, 5.41) is 5.53. The highest BCUT2D eigenvalue weighted by molar-refractivity contribution is 6.04. The van der Waals surface area contributed by atoms with Crippen molar-refractivity contribution in [2.24, 2.45) is 0 Å². The molecule has 4 rings (SSSR count). The van der Waals surface area contributed by atoms with Crippen molar-refractivity contribution in [2.45, 2.75) is 12.6 Å². The minimum absolute atomic E-state index is 0.247. The summed E-state index contributed by atoms with van der Waals surface area (Å²) in [6, 6.07) is 21.1. The van der Waals surface area contributed by atoms with Crippen molar-refractivity contribution in [3.05, 3.63) is 107 Å². The third-order valence-corrected chi connectivity index (χ3v) is 5.05. The molecule has 0 radical (unpaired) electrons. The van der Waals surface area contributed by atoms with Crippen LogP contribution in [0.3, 0.4) is 0 Å².